The molecule has 0 saturated carbocycles. The first-order valence-corrected chi connectivity index (χ1v) is 10.0. The topological polar surface area (TPSA) is 96.5 Å². The van der Waals surface area contributed by atoms with Crippen molar-refractivity contribution in [3.05, 3.63) is 90.0 Å². The van der Waals surface area contributed by atoms with Crippen molar-refractivity contribution in [2.75, 3.05) is 23.8 Å². The Morgan fingerprint density at radius 3 is 2.15 bits per heavy atom. The minimum Gasteiger partial charge on any atom is -0.484 e. The van der Waals surface area contributed by atoms with Crippen molar-refractivity contribution >= 4 is 29.1 Å². The van der Waals surface area contributed by atoms with E-state index in [9.17, 15) is 27.6 Å². The fourth-order valence-corrected chi connectivity index (χ4v) is 2.82. The zero-order valence-electron chi connectivity index (χ0n) is 17.7. The summed E-state index contributed by atoms with van der Waals surface area (Å²) < 4.78 is 43.8. The fourth-order valence-electron chi connectivity index (χ4n) is 2.82. The molecule has 0 radical (unpaired) electrons. The summed E-state index contributed by atoms with van der Waals surface area (Å²) in [5, 5.41) is 7.35. The van der Waals surface area contributed by atoms with Gasteiger partial charge < -0.3 is 20.7 Å². The first-order chi connectivity index (χ1) is 16.2. The number of hydrogen-bond acceptors (Lipinski definition) is 4. The second-order valence-electron chi connectivity index (χ2n) is 7.04. The van der Waals surface area contributed by atoms with E-state index in [1.165, 1.54) is 36.4 Å². The van der Waals surface area contributed by atoms with Gasteiger partial charge in [-0.05, 0) is 48.5 Å². The minimum absolute atomic E-state index is 0.0188. The Labute approximate surface area is 192 Å². The van der Waals surface area contributed by atoms with Crippen LogP contribution in [0.25, 0.3) is 0 Å². The normalized spacial score (nSPS) is 10.8. The maximum Gasteiger partial charge on any atom is 0.416 e. The molecular weight excluding hydrogens is 451 g/mol. The van der Waals surface area contributed by atoms with Gasteiger partial charge in [-0.3, -0.25) is 14.4 Å². The third kappa shape index (κ3) is 7.37. The number of nitrogens with one attached hydrogen (secondary N) is 3. The lowest BCUT2D eigenvalue weighted by atomic mass is 10.1. The minimum atomic E-state index is -4.53. The van der Waals surface area contributed by atoms with Crippen LogP contribution in [0.1, 0.15) is 15.9 Å². The standard InChI is InChI=1S/C24H20F3N3O4/c25-24(26,27)17-7-5-9-19(13-17)30-23(33)16-6-4-8-18(12-16)29-21(31)14-28-22(32)15-34-20-10-2-1-3-11-20/h1-13H,14-15H2,(H,28,32)(H,29,31)(H,30,33). The summed E-state index contributed by atoms with van der Waals surface area (Å²) in [6.45, 7) is -0.583. The average molecular weight is 471 g/mol. The molecule has 0 saturated heterocycles. The van der Waals surface area contributed by atoms with Gasteiger partial charge in [0.1, 0.15) is 5.75 Å². The van der Waals surface area contributed by atoms with E-state index < -0.39 is 29.5 Å². The highest BCUT2D eigenvalue weighted by Gasteiger charge is 2.30. The predicted octanol–water partition coefficient (Wildman–Crippen LogP) is 4.09. The van der Waals surface area contributed by atoms with Crippen LogP contribution in [-0.4, -0.2) is 30.9 Å². The quantitative estimate of drug-likeness (QED) is 0.461. The molecule has 3 aromatic carbocycles. The number of anilines is 2. The molecule has 0 unspecified atom stereocenters. The van der Waals surface area contributed by atoms with Gasteiger partial charge >= 0.3 is 6.18 Å². The SMILES string of the molecule is O=C(COc1ccccc1)NCC(=O)Nc1cccc(C(=O)Nc2cccc(C(F)(F)F)c2)c1. The van der Waals surface area contributed by atoms with Crippen LogP contribution in [0.2, 0.25) is 0 Å². The molecule has 0 heterocycles. The highest BCUT2D eigenvalue weighted by atomic mass is 19.4. The lowest BCUT2D eigenvalue weighted by Gasteiger charge is -2.11. The monoisotopic (exact) mass is 471 g/mol. The highest BCUT2D eigenvalue weighted by Crippen LogP contribution is 2.30. The van der Waals surface area contributed by atoms with Crippen LogP contribution in [0.3, 0.4) is 0 Å². The number of carbonyl (C=O) groups is 3. The first kappa shape index (κ1) is 24.3. The van der Waals surface area contributed by atoms with Crippen molar-refractivity contribution in [2.24, 2.45) is 0 Å². The maximum atomic E-state index is 12.9. The molecule has 3 rings (SSSR count). The Balaban J connectivity index is 1.51. The molecule has 176 valence electrons. The van der Waals surface area contributed by atoms with E-state index in [0.717, 1.165) is 12.1 Å². The third-order valence-corrected chi connectivity index (χ3v) is 4.42. The van der Waals surface area contributed by atoms with Crippen LogP contribution in [0.15, 0.2) is 78.9 Å². The van der Waals surface area contributed by atoms with Gasteiger partial charge in [0, 0.05) is 16.9 Å². The molecule has 0 fully saturated rings. The Morgan fingerprint density at radius 1 is 0.765 bits per heavy atom. The molecule has 3 amide bonds. The van der Waals surface area contributed by atoms with Crippen LogP contribution in [0.4, 0.5) is 24.5 Å². The van der Waals surface area contributed by atoms with Gasteiger partial charge in [0.15, 0.2) is 6.61 Å². The summed E-state index contributed by atoms with van der Waals surface area (Å²) in [6, 6.07) is 18.8. The van der Waals surface area contributed by atoms with Gasteiger partial charge in [-0.2, -0.15) is 13.2 Å². The van der Waals surface area contributed by atoms with Crippen molar-refractivity contribution in [3.8, 4) is 5.75 Å². The third-order valence-electron chi connectivity index (χ3n) is 4.42. The van der Waals surface area contributed by atoms with Crippen molar-refractivity contribution < 1.29 is 32.3 Å². The molecule has 0 aromatic heterocycles. The van der Waals surface area contributed by atoms with E-state index in [-0.39, 0.29) is 30.1 Å². The molecule has 0 spiro atoms. The Bertz CT molecular complexity index is 1170. The molecular formula is C24H20F3N3O4. The zero-order chi connectivity index (χ0) is 24.6. The largest absolute Gasteiger partial charge is 0.484 e. The molecule has 3 N–H and O–H groups in total. The Kier molecular flexibility index (Phi) is 7.86. The molecule has 10 heteroatoms. The summed E-state index contributed by atoms with van der Waals surface area (Å²) in [4.78, 5) is 36.4. The number of halogens is 3. The molecule has 7 nitrogen and oxygen atoms in total. The van der Waals surface area contributed by atoms with Crippen LogP contribution >= 0.6 is 0 Å². The summed E-state index contributed by atoms with van der Waals surface area (Å²) in [5.41, 5.74) is -0.510. The molecule has 3 aromatic rings. The predicted molar refractivity (Wildman–Crippen MR) is 119 cm³/mol. The average Bonchev–Trinajstić information content (AvgIpc) is 2.82. The van der Waals surface area contributed by atoms with Crippen LogP contribution in [0, 0.1) is 0 Å². The van der Waals surface area contributed by atoms with Crippen LogP contribution < -0.4 is 20.7 Å². The molecule has 0 atom stereocenters. The number of rotatable bonds is 8. The van der Waals surface area contributed by atoms with Crippen molar-refractivity contribution in [3.63, 3.8) is 0 Å². The second kappa shape index (κ2) is 11.0. The van der Waals surface area contributed by atoms with E-state index in [4.69, 9.17) is 4.74 Å². The lowest BCUT2D eigenvalue weighted by molar-refractivity contribution is -0.137. The van der Waals surface area contributed by atoms with E-state index in [2.05, 4.69) is 16.0 Å². The number of amides is 3. The van der Waals surface area contributed by atoms with Gasteiger partial charge in [0.25, 0.3) is 11.8 Å². The van der Waals surface area contributed by atoms with Crippen molar-refractivity contribution in [2.45, 2.75) is 6.18 Å². The summed E-state index contributed by atoms with van der Waals surface area (Å²) >= 11 is 0. The van der Waals surface area contributed by atoms with Crippen LogP contribution in [0.5, 0.6) is 5.75 Å². The van der Waals surface area contributed by atoms with E-state index >= 15 is 0 Å². The van der Waals surface area contributed by atoms with Gasteiger partial charge in [0.2, 0.25) is 5.91 Å². The van der Waals surface area contributed by atoms with Crippen molar-refractivity contribution in [1.82, 2.24) is 5.32 Å². The van der Waals surface area contributed by atoms with Gasteiger partial charge in [-0.1, -0.05) is 30.3 Å². The fraction of sp³-hybridized carbons (Fsp3) is 0.125. The molecule has 0 bridgehead atoms. The second-order valence-corrected chi connectivity index (χ2v) is 7.04. The smallest absolute Gasteiger partial charge is 0.416 e. The molecule has 0 aliphatic heterocycles. The highest BCUT2D eigenvalue weighted by molar-refractivity contribution is 6.05. The number of hydrogen-bond donors (Lipinski definition) is 3. The van der Waals surface area contributed by atoms with Gasteiger partial charge in [-0.25, -0.2) is 0 Å². The number of carbonyl (C=O) groups excluding carboxylic acids is 3. The Morgan fingerprint density at radius 2 is 1.44 bits per heavy atom. The summed E-state index contributed by atoms with van der Waals surface area (Å²) in [6.07, 6.45) is -4.53. The summed E-state index contributed by atoms with van der Waals surface area (Å²) in [5.74, 6) is -1.17. The number of benzene rings is 3. The van der Waals surface area contributed by atoms with Crippen LogP contribution in [-0.2, 0) is 15.8 Å². The number of alkyl halides is 3. The number of para-hydroxylation sites is 1. The first-order valence-electron chi connectivity index (χ1n) is 10.0. The molecule has 0 aliphatic rings. The van der Waals surface area contributed by atoms with E-state index in [1.54, 1.807) is 30.3 Å². The van der Waals surface area contributed by atoms with E-state index in [1.807, 2.05) is 0 Å². The lowest BCUT2D eigenvalue weighted by Crippen LogP contribution is -2.35. The molecule has 0 aliphatic carbocycles. The van der Waals surface area contributed by atoms with Gasteiger partial charge in [-0.15, -0.1) is 0 Å². The number of ether oxygens (including phenoxy) is 1. The summed E-state index contributed by atoms with van der Waals surface area (Å²) in [7, 11) is 0. The molecule has 34 heavy (non-hydrogen) atoms. The zero-order valence-corrected chi connectivity index (χ0v) is 17.7. The van der Waals surface area contributed by atoms with Gasteiger partial charge in [0.05, 0.1) is 12.1 Å². The van der Waals surface area contributed by atoms with E-state index in [0.29, 0.717) is 5.75 Å². The van der Waals surface area contributed by atoms with Crippen molar-refractivity contribution in [1.29, 1.82) is 0 Å². The Hall–Kier alpha value is -4.34. The maximum absolute atomic E-state index is 12.9.